The minimum atomic E-state index is -0.497. The van der Waals surface area contributed by atoms with Gasteiger partial charge in [0.25, 0.3) is 5.69 Å². The van der Waals surface area contributed by atoms with Crippen molar-refractivity contribution in [3.8, 4) is 0 Å². The van der Waals surface area contributed by atoms with Crippen molar-refractivity contribution in [2.75, 3.05) is 5.32 Å². The first-order chi connectivity index (χ1) is 9.47. The van der Waals surface area contributed by atoms with E-state index in [2.05, 4.69) is 21.2 Å². The van der Waals surface area contributed by atoms with Crippen LogP contribution in [0.15, 0.2) is 40.9 Å². The minimum Gasteiger partial charge on any atom is -0.381 e. The Balaban J connectivity index is 2.11. The van der Waals surface area contributed by atoms with E-state index in [0.29, 0.717) is 6.54 Å². The van der Waals surface area contributed by atoms with Crippen LogP contribution in [-0.4, -0.2) is 4.92 Å². The van der Waals surface area contributed by atoms with Gasteiger partial charge >= 0.3 is 0 Å². The summed E-state index contributed by atoms with van der Waals surface area (Å²) in [5.74, 6) is 0. The quantitative estimate of drug-likeness (QED) is 0.625. The van der Waals surface area contributed by atoms with Crippen molar-refractivity contribution in [1.82, 2.24) is 0 Å². The summed E-state index contributed by atoms with van der Waals surface area (Å²) in [6.07, 6.45) is 0. The van der Waals surface area contributed by atoms with Gasteiger partial charge in [-0.3, -0.25) is 10.1 Å². The molecule has 0 saturated heterocycles. The highest BCUT2D eigenvalue weighted by Crippen LogP contribution is 2.28. The Labute approximate surface area is 130 Å². The van der Waals surface area contributed by atoms with E-state index in [0.717, 1.165) is 15.7 Å². The lowest BCUT2D eigenvalue weighted by molar-refractivity contribution is -0.384. The molecule has 0 bridgehead atoms. The van der Waals surface area contributed by atoms with Gasteiger partial charge in [-0.2, -0.15) is 0 Å². The molecule has 1 N–H and O–H groups in total. The van der Waals surface area contributed by atoms with Crippen molar-refractivity contribution in [2.24, 2.45) is 0 Å². The molecule has 0 radical (unpaired) electrons. The Hall–Kier alpha value is -1.59. The van der Waals surface area contributed by atoms with Gasteiger partial charge < -0.3 is 5.32 Å². The van der Waals surface area contributed by atoms with Gasteiger partial charge in [0.1, 0.15) is 5.02 Å². The Morgan fingerprint density at radius 1 is 1.30 bits per heavy atom. The third-order valence-corrected chi connectivity index (χ3v) is 3.88. The number of halogens is 2. The normalized spacial score (nSPS) is 10.3. The number of nitrogens with zero attached hydrogens (tertiary/aromatic N) is 1. The summed E-state index contributed by atoms with van der Waals surface area (Å²) in [6.45, 7) is 2.63. The highest BCUT2D eigenvalue weighted by Gasteiger charge is 2.12. The molecule has 6 heteroatoms. The number of hydrogen-bond acceptors (Lipinski definition) is 3. The van der Waals surface area contributed by atoms with Crippen LogP contribution >= 0.6 is 27.5 Å². The maximum absolute atomic E-state index is 10.7. The number of nitrogens with one attached hydrogen (secondary N) is 1. The predicted molar refractivity (Wildman–Crippen MR) is 84.3 cm³/mol. The molecule has 2 aromatic rings. The lowest BCUT2D eigenvalue weighted by Gasteiger charge is -2.09. The number of aryl methyl sites for hydroxylation is 1. The zero-order valence-electron chi connectivity index (χ0n) is 10.7. The molecular formula is C14H12BrClN2O2. The number of anilines is 1. The van der Waals surface area contributed by atoms with Crippen LogP contribution in [0.2, 0.25) is 5.02 Å². The van der Waals surface area contributed by atoms with Gasteiger partial charge in [-0.1, -0.05) is 39.7 Å². The van der Waals surface area contributed by atoms with Gasteiger partial charge in [-0.05, 0) is 36.2 Å². The third-order valence-electron chi connectivity index (χ3n) is 2.84. The van der Waals surface area contributed by atoms with Crippen molar-refractivity contribution in [3.05, 3.63) is 67.1 Å². The van der Waals surface area contributed by atoms with E-state index in [1.807, 2.05) is 25.1 Å². The number of benzene rings is 2. The zero-order valence-corrected chi connectivity index (χ0v) is 13.0. The van der Waals surface area contributed by atoms with Gasteiger partial charge in [0.15, 0.2) is 0 Å². The molecule has 0 spiro atoms. The lowest BCUT2D eigenvalue weighted by atomic mass is 10.1. The molecular weight excluding hydrogens is 344 g/mol. The smallest absolute Gasteiger partial charge is 0.288 e. The molecule has 0 unspecified atom stereocenters. The molecule has 0 heterocycles. The standard InChI is InChI=1S/C14H12BrClN2O2/c1-9-2-3-10(12(15)6-9)8-17-11-4-5-14(18(19)20)13(16)7-11/h2-7,17H,8H2,1H3. The van der Waals surface area contributed by atoms with Gasteiger partial charge in [0.05, 0.1) is 4.92 Å². The molecule has 0 atom stereocenters. The van der Waals surface area contributed by atoms with Crippen LogP contribution in [0, 0.1) is 17.0 Å². The Bertz CT molecular complexity index is 662. The SMILES string of the molecule is Cc1ccc(CNc2ccc([N+](=O)[O-])c(Cl)c2)c(Br)c1. The van der Waals surface area contributed by atoms with Gasteiger partial charge in [0.2, 0.25) is 0 Å². The summed E-state index contributed by atoms with van der Waals surface area (Å²) in [6, 6.07) is 10.7. The van der Waals surface area contributed by atoms with Crippen LogP contribution in [0.5, 0.6) is 0 Å². The Morgan fingerprint density at radius 3 is 2.65 bits per heavy atom. The molecule has 0 saturated carbocycles. The average molecular weight is 356 g/mol. The van der Waals surface area contributed by atoms with Crippen molar-refractivity contribution >= 4 is 38.9 Å². The molecule has 4 nitrogen and oxygen atoms in total. The number of hydrogen-bond donors (Lipinski definition) is 1. The summed E-state index contributed by atoms with van der Waals surface area (Å²) in [4.78, 5) is 10.2. The first-order valence-electron chi connectivity index (χ1n) is 5.90. The van der Waals surface area contributed by atoms with Crippen LogP contribution in [0.1, 0.15) is 11.1 Å². The monoisotopic (exact) mass is 354 g/mol. The van der Waals surface area contributed by atoms with Crippen LogP contribution < -0.4 is 5.32 Å². The molecule has 20 heavy (non-hydrogen) atoms. The highest BCUT2D eigenvalue weighted by molar-refractivity contribution is 9.10. The van der Waals surface area contributed by atoms with E-state index in [1.165, 1.54) is 11.6 Å². The van der Waals surface area contributed by atoms with Crippen LogP contribution in [-0.2, 0) is 6.54 Å². The summed E-state index contributed by atoms with van der Waals surface area (Å²) in [5, 5.41) is 14.0. The molecule has 0 amide bonds. The second-order valence-electron chi connectivity index (χ2n) is 4.37. The molecule has 0 aliphatic carbocycles. The van der Waals surface area contributed by atoms with Crippen molar-refractivity contribution in [2.45, 2.75) is 13.5 Å². The fourth-order valence-corrected chi connectivity index (χ4v) is 2.64. The summed E-state index contributed by atoms with van der Waals surface area (Å²) < 4.78 is 1.03. The van der Waals surface area contributed by atoms with Crippen molar-refractivity contribution in [1.29, 1.82) is 0 Å². The second kappa shape index (κ2) is 6.24. The van der Waals surface area contributed by atoms with E-state index >= 15 is 0 Å². The van der Waals surface area contributed by atoms with Crippen molar-refractivity contribution < 1.29 is 4.92 Å². The largest absolute Gasteiger partial charge is 0.381 e. The van der Waals surface area contributed by atoms with Gasteiger partial charge in [-0.15, -0.1) is 0 Å². The van der Waals surface area contributed by atoms with E-state index in [1.54, 1.807) is 12.1 Å². The lowest BCUT2D eigenvalue weighted by Crippen LogP contribution is -2.01. The first-order valence-corrected chi connectivity index (χ1v) is 7.07. The fraction of sp³-hybridized carbons (Fsp3) is 0.143. The molecule has 2 aromatic carbocycles. The van der Waals surface area contributed by atoms with Crippen LogP contribution in [0.25, 0.3) is 0 Å². The molecule has 0 aliphatic heterocycles. The van der Waals surface area contributed by atoms with Crippen LogP contribution in [0.3, 0.4) is 0 Å². The fourth-order valence-electron chi connectivity index (χ4n) is 1.76. The van der Waals surface area contributed by atoms with E-state index in [9.17, 15) is 10.1 Å². The summed E-state index contributed by atoms with van der Waals surface area (Å²) in [5.41, 5.74) is 2.94. The topological polar surface area (TPSA) is 55.2 Å². The Kier molecular flexibility index (Phi) is 4.62. The highest BCUT2D eigenvalue weighted by atomic mass is 79.9. The van der Waals surface area contributed by atoms with E-state index in [4.69, 9.17) is 11.6 Å². The molecule has 0 fully saturated rings. The third kappa shape index (κ3) is 3.49. The summed E-state index contributed by atoms with van der Waals surface area (Å²) >= 11 is 9.38. The van der Waals surface area contributed by atoms with Crippen molar-refractivity contribution in [3.63, 3.8) is 0 Å². The summed E-state index contributed by atoms with van der Waals surface area (Å²) in [7, 11) is 0. The molecule has 2 rings (SSSR count). The van der Waals surface area contributed by atoms with Gasteiger partial charge in [0, 0.05) is 22.8 Å². The number of rotatable bonds is 4. The van der Waals surface area contributed by atoms with E-state index in [-0.39, 0.29) is 10.7 Å². The first kappa shape index (κ1) is 14.8. The molecule has 104 valence electrons. The van der Waals surface area contributed by atoms with Gasteiger partial charge in [-0.25, -0.2) is 0 Å². The predicted octanol–water partition coefficient (Wildman–Crippen LogP) is 4.93. The second-order valence-corrected chi connectivity index (χ2v) is 5.63. The number of nitro benzene ring substituents is 1. The maximum Gasteiger partial charge on any atom is 0.288 e. The number of nitro groups is 1. The van der Waals surface area contributed by atoms with Crippen LogP contribution in [0.4, 0.5) is 11.4 Å². The zero-order chi connectivity index (χ0) is 14.7. The molecule has 0 aromatic heterocycles. The minimum absolute atomic E-state index is 0.0891. The Morgan fingerprint density at radius 2 is 2.05 bits per heavy atom. The average Bonchev–Trinajstić information content (AvgIpc) is 2.37. The maximum atomic E-state index is 10.7. The molecule has 0 aliphatic rings. The van der Waals surface area contributed by atoms with E-state index < -0.39 is 4.92 Å².